The predicted molar refractivity (Wildman–Crippen MR) is 73.0 cm³/mol. The Morgan fingerprint density at radius 1 is 1.37 bits per heavy atom. The van der Waals surface area contributed by atoms with E-state index >= 15 is 0 Å². The average Bonchev–Trinajstić information content (AvgIpc) is 2.75. The Morgan fingerprint density at radius 2 is 2.11 bits per heavy atom. The highest BCUT2D eigenvalue weighted by Gasteiger charge is 2.19. The maximum atomic E-state index is 13.5. The van der Waals surface area contributed by atoms with Crippen LogP contribution in [0.25, 0.3) is 0 Å². The highest BCUT2D eigenvalue weighted by molar-refractivity contribution is 7.12. The Morgan fingerprint density at radius 3 is 2.68 bits per heavy atom. The lowest BCUT2D eigenvalue weighted by molar-refractivity contribution is 0.0933. The van der Waals surface area contributed by atoms with E-state index in [-0.39, 0.29) is 17.4 Å². The van der Waals surface area contributed by atoms with E-state index in [4.69, 9.17) is 0 Å². The van der Waals surface area contributed by atoms with E-state index in [9.17, 15) is 14.3 Å². The van der Waals surface area contributed by atoms with Gasteiger partial charge in [-0.15, -0.1) is 11.3 Å². The van der Waals surface area contributed by atoms with Crippen molar-refractivity contribution < 1.29 is 14.3 Å². The maximum Gasteiger partial charge on any atom is 0.258 e. The van der Waals surface area contributed by atoms with Crippen LogP contribution in [-0.4, -0.2) is 11.0 Å². The molecule has 0 saturated carbocycles. The largest absolute Gasteiger partial charge is 0.507 e. The van der Waals surface area contributed by atoms with Gasteiger partial charge in [0, 0.05) is 9.75 Å². The first-order valence-electron chi connectivity index (χ1n) is 5.83. The van der Waals surface area contributed by atoms with Crippen LogP contribution in [0.15, 0.2) is 30.3 Å². The highest BCUT2D eigenvalue weighted by Crippen LogP contribution is 2.24. The summed E-state index contributed by atoms with van der Waals surface area (Å²) in [5, 5.41) is 12.2. The van der Waals surface area contributed by atoms with E-state index in [0.29, 0.717) is 0 Å². The number of phenols is 1. The quantitative estimate of drug-likeness (QED) is 0.904. The molecule has 0 saturated heterocycles. The molecule has 0 spiro atoms. The number of aromatic hydroxyl groups is 1. The minimum absolute atomic E-state index is 0.231. The first-order valence-corrected chi connectivity index (χ1v) is 6.65. The molecule has 1 atom stereocenters. The Hall–Kier alpha value is -1.88. The van der Waals surface area contributed by atoms with Crippen LogP contribution < -0.4 is 5.32 Å². The van der Waals surface area contributed by atoms with Crippen LogP contribution in [0.3, 0.4) is 0 Å². The van der Waals surface area contributed by atoms with Crippen molar-refractivity contribution >= 4 is 17.2 Å². The SMILES string of the molecule is Cc1ccc(C(C)NC(=O)c2c(O)cccc2F)s1. The van der Waals surface area contributed by atoms with Gasteiger partial charge < -0.3 is 10.4 Å². The summed E-state index contributed by atoms with van der Waals surface area (Å²) in [6.07, 6.45) is 0. The van der Waals surface area contributed by atoms with Crippen molar-refractivity contribution in [3.63, 3.8) is 0 Å². The minimum atomic E-state index is -0.730. The van der Waals surface area contributed by atoms with Gasteiger partial charge in [-0.25, -0.2) is 4.39 Å². The summed E-state index contributed by atoms with van der Waals surface area (Å²) < 4.78 is 13.5. The minimum Gasteiger partial charge on any atom is -0.507 e. The zero-order valence-corrected chi connectivity index (χ0v) is 11.4. The molecule has 19 heavy (non-hydrogen) atoms. The van der Waals surface area contributed by atoms with Crippen LogP contribution >= 0.6 is 11.3 Å². The number of thiophene rings is 1. The summed E-state index contributed by atoms with van der Waals surface area (Å²) in [6, 6.07) is 7.44. The number of halogens is 1. The topological polar surface area (TPSA) is 49.3 Å². The van der Waals surface area contributed by atoms with Crippen molar-refractivity contribution in [2.45, 2.75) is 19.9 Å². The Labute approximate surface area is 114 Å². The van der Waals surface area contributed by atoms with Crippen LogP contribution in [0.5, 0.6) is 5.75 Å². The molecule has 2 aromatic rings. The fourth-order valence-corrected chi connectivity index (χ4v) is 2.64. The maximum absolute atomic E-state index is 13.5. The molecular weight excluding hydrogens is 265 g/mol. The monoisotopic (exact) mass is 279 g/mol. The van der Waals surface area contributed by atoms with Crippen LogP contribution in [0.1, 0.15) is 33.1 Å². The molecule has 1 amide bonds. The van der Waals surface area contributed by atoms with Crippen LogP contribution in [-0.2, 0) is 0 Å². The van der Waals surface area contributed by atoms with E-state index in [1.807, 2.05) is 26.0 Å². The van der Waals surface area contributed by atoms with Gasteiger partial charge in [0.1, 0.15) is 17.1 Å². The molecule has 0 bridgehead atoms. The number of amides is 1. The lowest BCUT2D eigenvalue weighted by Crippen LogP contribution is -2.27. The van der Waals surface area contributed by atoms with Crippen molar-refractivity contribution in [1.82, 2.24) is 5.32 Å². The Balaban J connectivity index is 2.17. The molecule has 1 aromatic heterocycles. The molecule has 0 aliphatic carbocycles. The van der Waals surface area contributed by atoms with Crippen molar-refractivity contribution in [2.24, 2.45) is 0 Å². The second-order valence-corrected chi connectivity index (χ2v) is 5.60. The standard InChI is InChI=1S/C14H14FNO2S/c1-8-6-7-12(19-8)9(2)16-14(18)13-10(15)4-3-5-11(13)17/h3-7,9,17H,1-2H3,(H,16,18). The third-order valence-electron chi connectivity index (χ3n) is 2.75. The van der Waals surface area contributed by atoms with Gasteiger partial charge in [0.15, 0.2) is 0 Å². The zero-order valence-electron chi connectivity index (χ0n) is 10.6. The molecule has 1 aromatic carbocycles. The third kappa shape index (κ3) is 2.93. The summed E-state index contributed by atoms with van der Waals surface area (Å²) in [5.41, 5.74) is -0.317. The highest BCUT2D eigenvalue weighted by atomic mass is 32.1. The number of nitrogens with one attached hydrogen (secondary N) is 1. The summed E-state index contributed by atoms with van der Waals surface area (Å²) in [6.45, 7) is 3.80. The van der Waals surface area contributed by atoms with Crippen LogP contribution in [0.4, 0.5) is 4.39 Å². The molecule has 2 rings (SSSR count). The van der Waals surface area contributed by atoms with E-state index < -0.39 is 11.7 Å². The Kier molecular flexibility index (Phi) is 3.85. The number of hydrogen-bond acceptors (Lipinski definition) is 3. The number of hydrogen-bond donors (Lipinski definition) is 2. The summed E-state index contributed by atoms with van der Waals surface area (Å²) in [4.78, 5) is 14.1. The number of carbonyl (C=O) groups is 1. The molecule has 100 valence electrons. The molecule has 0 aliphatic rings. The molecule has 2 N–H and O–H groups in total. The summed E-state index contributed by atoms with van der Waals surface area (Å²) in [7, 11) is 0. The smallest absolute Gasteiger partial charge is 0.258 e. The molecule has 3 nitrogen and oxygen atoms in total. The third-order valence-corrected chi connectivity index (χ3v) is 3.94. The number of carbonyl (C=O) groups excluding carboxylic acids is 1. The lowest BCUT2D eigenvalue weighted by Gasteiger charge is -2.13. The second kappa shape index (κ2) is 5.40. The van der Waals surface area contributed by atoms with Gasteiger partial charge >= 0.3 is 0 Å². The lowest BCUT2D eigenvalue weighted by atomic mass is 10.1. The van der Waals surface area contributed by atoms with Gasteiger partial charge in [-0.1, -0.05) is 6.07 Å². The van der Waals surface area contributed by atoms with E-state index in [1.165, 1.54) is 12.1 Å². The number of rotatable bonds is 3. The first-order chi connectivity index (χ1) is 8.99. The number of benzene rings is 1. The number of phenolic OH excluding ortho intramolecular Hbond substituents is 1. The van der Waals surface area contributed by atoms with E-state index in [0.717, 1.165) is 15.8 Å². The van der Waals surface area contributed by atoms with Gasteiger partial charge in [0.05, 0.1) is 6.04 Å². The van der Waals surface area contributed by atoms with Crippen LogP contribution in [0, 0.1) is 12.7 Å². The van der Waals surface area contributed by atoms with Gasteiger partial charge in [-0.3, -0.25) is 4.79 Å². The zero-order chi connectivity index (χ0) is 14.0. The fourth-order valence-electron chi connectivity index (χ4n) is 1.76. The van der Waals surface area contributed by atoms with Gasteiger partial charge in [-0.2, -0.15) is 0 Å². The molecule has 1 unspecified atom stereocenters. The fraction of sp³-hybridized carbons (Fsp3) is 0.214. The van der Waals surface area contributed by atoms with Crippen molar-refractivity contribution in [3.8, 4) is 5.75 Å². The molecule has 5 heteroatoms. The van der Waals surface area contributed by atoms with E-state index in [2.05, 4.69) is 5.32 Å². The van der Waals surface area contributed by atoms with Crippen molar-refractivity contribution in [2.75, 3.05) is 0 Å². The first kappa shape index (κ1) is 13.5. The summed E-state index contributed by atoms with van der Waals surface area (Å²) >= 11 is 1.57. The normalized spacial score (nSPS) is 12.2. The second-order valence-electron chi connectivity index (χ2n) is 4.28. The molecular formula is C14H14FNO2S. The average molecular weight is 279 g/mol. The van der Waals surface area contributed by atoms with Gasteiger partial charge in [-0.05, 0) is 38.1 Å². The molecule has 0 fully saturated rings. The Bertz CT molecular complexity index is 589. The molecule has 0 radical (unpaired) electrons. The predicted octanol–water partition coefficient (Wildman–Crippen LogP) is 3.39. The summed E-state index contributed by atoms with van der Waals surface area (Å²) in [5.74, 6) is -1.70. The van der Waals surface area contributed by atoms with Gasteiger partial charge in [0.25, 0.3) is 5.91 Å². The number of aryl methyl sites for hydroxylation is 1. The van der Waals surface area contributed by atoms with Crippen LogP contribution in [0.2, 0.25) is 0 Å². The molecule has 1 heterocycles. The van der Waals surface area contributed by atoms with Crippen molar-refractivity contribution in [1.29, 1.82) is 0 Å². The van der Waals surface area contributed by atoms with Crippen molar-refractivity contribution in [3.05, 3.63) is 51.5 Å². The molecule has 0 aliphatic heterocycles. The van der Waals surface area contributed by atoms with Gasteiger partial charge in [0.2, 0.25) is 0 Å². The van der Waals surface area contributed by atoms with E-state index in [1.54, 1.807) is 11.3 Å².